The van der Waals surface area contributed by atoms with Crippen molar-refractivity contribution in [2.75, 3.05) is 18.5 Å². The van der Waals surface area contributed by atoms with E-state index in [2.05, 4.69) is 11.4 Å². The number of hydrogen-bond acceptors (Lipinski definition) is 4. The summed E-state index contributed by atoms with van der Waals surface area (Å²) >= 11 is 0. The molecule has 1 aliphatic heterocycles. The van der Waals surface area contributed by atoms with Crippen molar-refractivity contribution >= 4 is 11.7 Å². The quantitative estimate of drug-likeness (QED) is 0.894. The summed E-state index contributed by atoms with van der Waals surface area (Å²) in [4.78, 5) is 18.8. The summed E-state index contributed by atoms with van der Waals surface area (Å²) in [6.07, 6.45) is 6.10. The Balaban J connectivity index is 2.01. The number of nitriles is 1. The number of anilines is 1. The van der Waals surface area contributed by atoms with Crippen LogP contribution in [0.15, 0.2) is 6.07 Å². The van der Waals surface area contributed by atoms with Gasteiger partial charge >= 0.3 is 0 Å². The largest absolute Gasteiger partial charge is 0.357 e. The highest BCUT2D eigenvalue weighted by atomic mass is 16.2. The molecular weight excluding hydrogens is 264 g/mol. The molecule has 5 nitrogen and oxygen atoms in total. The SMILES string of the molecule is CNC(=O)C1CCCN1c1nc2c(cc1C#N)CCCC2. The summed E-state index contributed by atoms with van der Waals surface area (Å²) in [5.74, 6) is 0.708. The van der Waals surface area contributed by atoms with Crippen molar-refractivity contribution in [3.05, 3.63) is 22.9 Å². The Hall–Kier alpha value is -2.09. The molecule has 2 heterocycles. The number of carbonyl (C=O) groups is 1. The van der Waals surface area contributed by atoms with Crippen LogP contribution < -0.4 is 10.2 Å². The number of likely N-dealkylation sites (N-methyl/N-ethyl adjacent to an activating group) is 1. The third-order valence-corrected chi connectivity index (χ3v) is 4.48. The molecule has 0 bridgehead atoms. The number of aromatic nitrogens is 1. The molecular formula is C16H20N4O. The van der Waals surface area contributed by atoms with Crippen LogP contribution in [-0.4, -0.2) is 30.5 Å². The second-order valence-electron chi connectivity index (χ2n) is 5.75. The predicted octanol–water partition coefficient (Wildman–Crippen LogP) is 1.55. The maximum Gasteiger partial charge on any atom is 0.242 e. The van der Waals surface area contributed by atoms with Crippen molar-refractivity contribution in [2.45, 2.75) is 44.6 Å². The predicted molar refractivity (Wildman–Crippen MR) is 80.0 cm³/mol. The monoisotopic (exact) mass is 284 g/mol. The fourth-order valence-electron chi connectivity index (χ4n) is 3.38. The van der Waals surface area contributed by atoms with Gasteiger partial charge in [0.25, 0.3) is 0 Å². The van der Waals surface area contributed by atoms with Crippen LogP contribution in [0.25, 0.3) is 0 Å². The molecule has 1 amide bonds. The number of fused-ring (bicyclic) bond motifs is 1. The van der Waals surface area contributed by atoms with Gasteiger partial charge < -0.3 is 10.2 Å². The van der Waals surface area contributed by atoms with Crippen LogP contribution in [-0.2, 0) is 17.6 Å². The fourth-order valence-corrected chi connectivity index (χ4v) is 3.38. The van der Waals surface area contributed by atoms with Gasteiger partial charge in [0.2, 0.25) is 5.91 Å². The lowest BCUT2D eigenvalue weighted by molar-refractivity contribution is -0.121. The molecule has 1 unspecified atom stereocenters. The summed E-state index contributed by atoms with van der Waals surface area (Å²) in [6, 6.07) is 4.05. The van der Waals surface area contributed by atoms with Gasteiger partial charge in [-0.2, -0.15) is 5.26 Å². The van der Waals surface area contributed by atoms with E-state index in [1.807, 2.05) is 11.0 Å². The van der Waals surface area contributed by atoms with Crippen molar-refractivity contribution in [1.82, 2.24) is 10.3 Å². The topological polar surface area (TPSA) is 69.0 Å². The van der Waals surface area contributed by atoms with Gasteiger partial charge in [-0.1, -0.05) is 0 Å². The summed E-state index contributed by atoms with van der Waals surface area (Å²) < 4.78 is 0. The van der Waals surface area contributed by atoms with Gasteiger partial charge in [0.1, 0.15) is 17.9 Å². The summed E-state index contributed by atoms with van der Waals surface area (Å²) in [7, 11) is 1.66. The number of carbonyl (C=O) groups excluding carboxylic acids is 1. The minimum Gasteiger partial charge on any atom is -0.357 e. The number of pyridine rings is 1. The number of rotatable bonds is 2. The van der Waals surface area contributed by atoms with E-state index in [4.69, 9.17) is 4.98 Å². The zero-order valence-electron chi connectivity index (χ0n) is 12.4. The average Bonchev–Trinajstić information content (AvgIpc) is 3.02. The van der Waals surface area contributed by atoms with E-state index in [0.29, 0.717) is 11.4 Å². The lowest BCUT2D eigenvalue weighted by atomic mass is 9.95. The Bertz CT molecular complexity index is 605. The number of hydrogen-bond donors (Lipinski definition) is 1. The maximum atomic E-state index is 12.0. The molecule has 1 aromatic heterocycles. The lowest BCUT2D eigenvalue weighted by Crippen LogP contribution is -2.42. The van der Waals surface area contributed by atoms with Crippen molar-refractivity contribution in [2.24, 2.45) is 0 Å². The van der Waals surface area contributed by atoms with E-state index in [1.165, 1.54) is 12.0 Å². The van der Waals surface area contributed by atoms with E-state index < -0.39 is 0 Å². The Morgan fingerprint density at radius 3 is 3.00 bits per heavy atom. The molecule has 1 fully saturated rings. The van der Waals surface area contributed by atoms with Crippen LogP contribution in [0, 0.1) is 11.3 Å². The zero-order valence-corrected chi connectivity index (χ0v) is 12.4. The Morgan fingerprint density at radius 1 is 1.43 bits per heavy atom. The standard InChI is InChI=1S/C16H20N4O/c1-18-16(21)14-7-4-8-20(14)15-12(10-17)9-11-5-2-3-6-13(11)19-15/h9,14H,2-8H2,1H3,(H,18,21). The zero-order chi connectivity index (χ0) is 14.8. The summed E-state index contributed by atoms with van der Waals surface area (Å²) in [6.45, 7) is 0.790. The van der Waals surface area contributed by atoms with Crippen molar-refractivity contribution in [3.63, 3.8) is 0 Å². The highest BCUT2D eigenvalue weighted by Crippen LogP contribution is 2.30. The van der Waals surface area contributed by atoms with Crippen molar-refractivity contribution < 1.29 is 4.79 Å². The van der Waals surface area contributed by atoms with Crippen LogP contribution in [0.4, 0.5) is 5.82 Å². The Labute approximate surface area is 125 Å². The number of aryl methyl sites for hydroxylation is 2. The summed E-state index contributed by atoms with van der Waals surface area (Å²) in [5.41, 5.74) is 2.92. The smallest absolute Gasteiger partial charge is 0.242 e. The van der Waals surface area contributed by atoms with Gasteiger partial charge in [-0.15, -0.1) is 0 Å². The van der Waals surface area contributed by atoms with Gasteiger partial charge in [-0.3, -0.25) is 4.79 Å². The number of nitrogens with one attached hydrogen (secondary N) is 1. The molecule has 1 aliphatic carbocycles. The molecule has 2 aliphatic rings. The molecule has 5 heteroatoms. The highest BCUT2D eigenvalue weighted by molar-refractivity contribution is 5.85. The van der Waals surface area contributed by atoms with Gasteiger partial charge in [0.05, 0.1) is 5.56 Å². The number of nitrogens with zero attached hydrogens (tertiary/aromatic N) is 3. The normalized spacial score (nSPS) is 20.8. The Kier molecular flexibility index (Phi) is 3.78. The Morgan fingerprint density at radius 2 is 2.24 bits per heavy atom. The second kappa shape index (κ2) is 5.72. The van der Waals surface area contributed by atoms with Crippen molar-refractivity contribution in [1.29, 1.82) is 5.26 Å². The first kappa shape index (κ1) is 13.9. The first-order chi connectivity index (χ1) is 10.2. The molecule has 1 atom stereocenters. The van der Waals surface area contributed by atoms with Crippen LogP contribution in [0.5, 0.6) is 0 Å². The van der Waals surface area contributed by atoms with Crippen molar-refractivity contribution in [3.8, 4) is 6.07 Å². The van der Waals surface area contributed by atoms with E-state index in [1.54, 1.807) is 7.05 Å². The summed E-state index contributed by atoms with van der Waals surface area (Å²) in [5, 5.41) is 12.2. The van der Waals surface area contributed by atoms with E-state index in [-0.39, 0.29) is 11.9 Å². The van der Waals surface area contributed by atoms with Crippen LogP contribution in [0.1, 0.15) is 42.5 Å². The van der Waals surface area contributed by atoms with Crippen LogP contribution in [0.3, 0.4) is 0 Å². The first-order valence-corrected chi connectivity index (χ1v) is 7.65. The van der Waals surface area contributed by atoms with E-state index in [0.717, 1.165) is 44.3 Å². The molecule has 110 valence electrons. The fraction of sp³-hybridized carbons (Fsp3) is 0.562. The average molecular weight is 284 g/mol. The van der Waals surface area contributed by atoms with Gasteiger partial charge in [0.15, 0.2) is 0 Å². The number of amides is 1. The van der Waals surface area contributed by atoms with E-state index >= 15 is 0 Å². The molecule has 3 rings (SSSR count). The van der Waals surface area contributed by atoms with Gasteiger partial charge in [0, 0.05) is 19.3 Å². The molecule has 0 aromatic carbocycles. The van der Waals surface area contributed by atoms with E-state index in [9.17, 15) is 10.1 Å². The third kappa shape index (κ3) is 2.46. The third-order valence-electron chi connectivity index (χ3n) is 4.48. The second-order valence-corrected chi connectivity index (χ2v) is 5.75. The molecule has 1 N–H and O–H groups in total. The molecule has 21 heavy (non-hydrogen) atoms. The van der Waals surface area contributed by atoms with Crippen LogP contribution in [0.2, 0.25) is 0 Å². The minimum absolute atomic E-state index is 0.0101. The first-order valence-electron chi connectivity index (χ1n) is 7.65. The van der Waals surface area contributed by atoms with Gasteiger partial charge in [-0.25, -0.2) is 4.98 Å². The highest BCUT2D eigenvalue weighted by Gasteiger charge is 2.33. The maximum absolute atomic E-state index is 12.0. The van der Waals surface area contributed by atoms with Crippen LogP contribution >= 0.6 is 0 Å². The molecule has 1 saturated heterocycles. The minimum atomic E-state index is -0.198. The molecule has 0 saturated carbocycles. The lowest BCUT2D eigenvalue weighted by Gasteiger charge is -2.27. The molecule has 0 spiro atoms. The molecule has 1 aromatic rings. The molecule has 0 radical (unpaired) electrons. The van der Waals surface area contributed by atoms with Gasteiger partial charge in [-0.05, 0) is 50.2 Å².